The van der Waals surface area contributed by atoms with Crippen molar-refractivity contribution in [1.82, 2.24) is 15.1 Å². The predicted molar refractivity (Wildman–Crippen MR) is 122 cm³/mol. The maximum Gasteiger partial charge on any atom is 0.255 e. The third kappa shape index (κ3) is 4.62. The lowest BCUT2D eigenvalue weighted by Crippen LogP contribution is -2.52. The van der Waals surface area contributed by atoms with Crippen LogP contribution in [0.5, 0.6) is 0 Å². The van der Waals surface area contributed by atoms with Gasteiger partial charge in [0.1, 0.15) is 6.02 Å². The summed E-state index contributed by atoms with van der Waals surface area (Å²) in [7, 11) is 0. The fourth-order valence-corrected chi connectivity index (χ4v) is 4.63. The molecule has 33 heavy (non-hydrogen) atoms. The highest BCUT2D eigenvalue weighted by Gasteiger charge is 2.39. The molecule has 0 aliphatic carbocycles. The highest BCUT2D eigenvalue weighted by Crippen LogP contribution is 2.32. The molecule has 1 unspecified atom stereocenters. The van der Waals surface area contributed by atoms with Gasteiger partial charge in [-0.25, -0.2) is 0 Å². The molecule has 5 rings (SSSR count). The second-order valence-corrected chi connectivity index (χ2v) is 8.61. The Kier molecular flexibility index (Phi) is 5.76. The first-order valence-corrected chi connectivity index (χ1v) is 11.3. The first-order chi connectivity index (χ1) is 16.4. The summed E-state index contributed by atoms with van der Waals surface area (Å²) in [6, 6.07) is 12.1. The molecule has 1 atom stereocenters. The van der Waals surface area contributed by atoms with Crippen LogP contribution < -0.4 is 10.6 Å². The van der Waals surface area contributed by atoms with E-state index in [1.807, 2.05) is 6.07 Å². The number of carbonyl (C=O) groups is 3. The van der Waals surface area contributed by atoms with E-state index >= 15 is 0 Å². The molecule has 3 aliphatic heterocycles. The Morgan fingerprint density at radius 2 is 1.88 bits per heavy atom. The number of rotatable bonds is 6. The number of morpholine rings is 1. The minimum absolute atomic E-state index is 0.00388. The van der Waals surface area contributed by atoms with Gasteiger partial charge in [-0.15, -0.1) is 0 Å². The van der Waals surface area contributed by atoms with E-state index < -0.39 is 17.8 Å². The molecule has 2 saturated heterocycles. The summed E-state index contributed by atoms with van der Waals surface area (Å²) in [5.74, 6) is -1.50. The number of benzene rings is 2. The average Bonchev–Trinajstić information content (AvgIpc) is 3.19. The number of nitrogens with one attached hydrogen (secondary N) is 2. The van der Waals surface area contributed by atoms with Crippen molar-refractivity contribution < 1.29 is 20.5 Å². The zero-order valence-corrected chi connectivity index (χ0v) is 18.4. The third-order valence-electron chi connectivity index (χ3n) is 6.38. The standard InChI is InChI=1S/C25H28N4O4/c30-23-8-7-22(24(31)27-23)29-16-20-19(25(29)32)5-2-6-21(20)26-14-17-3-1-4-18(13-17)15-28-9-11-33-12-10-28/h1-6,13,22,26H,7-12,14-16H2,(H,27,30,31)/i22D. The van der Waals surface area contributed by atoms with Crippen molar-refractivity contribution in [2.24, 2.45) is 0 Å². The molecule has 3 heterocycles. The predicted octanol–water partition coefficient (Wildman–Crippen LogP) is 1.89. The van der Waals surface area contributed by atoms with Crippen molar-refractivity contribution in [3.8, 4) is 0 Å². The molecule has 2 N–H and O–H groups in total. The number of hydrogen-bond donors (Lipinski definition) is 2. The van der Waals surface area contributed by atoms with Crippen LogP contribution in [0.2, 0.25) is 0 Å². The highest BCUT2D eigenvalue weighted by molar-refractivity contribution is 6.06. The largest absolute Gasteiger partial charge is 0.381 e. The van der Waals surface area contributed by atoms with Gasteiger partial charge in [0.2, 0.25) is 11.8 Å². The van der Waals surface area contributed by atoms with Crippen LogP contribution in [0.3, 0.4) is 0 Å². The van der Waals surface area contributed by atoms with Gasteiger partial charge in [0.15, 0.2) is 0 Å². The van der Waals surface area contributed by atoms with E-state index in [-0.39, 0.29) is 25.3 Å². The van der Waals surface area contributed by atoms with E-state index in [0.29, 0.717) is 12.1 Å². The number of imide groups is 1. The summed E-state index contributed by atoms with van der Waals surface area (Å²) in [6.45, 7) is 5.04. The molecular weight excluding hydrogens is 420 g/mol. The van der Waals surface area contributed by atoms with Crippen LogP contribution in [0.25, 0.3) is 0 Å². The van der Waals surface area contributed by atoms with E-state index in [4.69, 9.17) is 6.11 Å². The van der Waals surface area contributed by atoms with Crippen LogP contribution >= 0.6 is 0 Å². The number of hydrogen-bond acceptors (Lipinski definition) is 6. The second kappa shape index (κ2) is 9.33. The van der Waals surface area contributed by atoms with Gasteiger partial charge in [0.05, 0.1) is 14.6 Å². The van der Waals surface area contributed by atoms with E-state index in [1.54, 1.807) is 12.1 Å². The zero-order chi connectivity index (χ0) is 23.7. The fourth-order valence-electron chi connectivity index (χ4n) is 4.63. The Balaban J connectivity index is 1.29. The molecule has 2 aromatic rings. The number of piperidine rings is 1. The molecule has 0 radical (unpaired) electrons. The number of amides is 3. The minimum Gasteiger partial charge on any atom is -0.381 e. The minimum atomic E-state index is -1.78. The summed E-state index contributed by atoms with van der Waals surface area (Å²) in [6.07, 6.45) is 0.0390. The second-order valence-electron chi connectivity index (χ2n) is 8.61. The molecule has 0 aromatic heterocycles. The molecule has 2 aromatic carbocycles. The van der Waals surface area contributed by atoms with Crippen molar-refractivity contribution in [1.29, 1.82) is 0 Å². The normalized spacial score (nSPS) is 23.8. The molecule has 172 valence electrons. The maximum atomic E-state index is 13.1. The number of ether oxygens (including phenoxy) is 1. The van der Waals surface area contributed by atoms with Gasteiger partial charge < -0.3 is 15.0 Å². The first-order valence-electron chi connectivity index (χ1n) is 11.8. The van der Waals surface area contributed by atoms with Crippen molar-refractivity contribution in [3.63, 3.8) is 0 Å². The number of fused-ring (bicyclic) bond motifs is 1. The van der Waals surface area contributed by atoms with E-state index in [0.717, 1.165) is 49.7 Å². The van der Waals surface area contributed by atoms with Gasteiger partial charge in [-0.1, -0.05) is 30.3 Å². The molecule has 0 saturated carbocycles. The van der Waals surface area contributed by atoms with Gasteiger partial charge in [0.25, 0.3) is 5.91 Å². The SMILES string of the molecule is [2H]C1(N2Cc3c(NCc4cccc(CN5CCOCC5)c4)cccc3C2=O)CCC(=O)NC1=O. The molecule has 2 fully saturated rings. The number of anilines is 1. The Morgan fingerprint density at radius 3 is 2.70 bits per heavy atom. The summed E-state index contributed by atoms with van der Waals surface area (Å²) in [4.78, 5) is 40.7. The highest BCUT2D eigenvalue weighted by atomic mass is 16.5. The zero-order valence-electron chi connectivity index (χ0n) is 19.4. The maximum absolute atomic E-state index is 13.1. The lowest BCUT2D eigenvalue weighted by atomic mass is 10.0. The van der Waals surface area contributed by atoms with Gasteiger partial charge in [0, 0.05) is 56.0 Å². The lowest BCUT2D eigenvalue weighted by Gasteiger charge is -2.29. The topological polar surface area (TPSA) is 91.0 Å². The van der Waals surface area contributed by atoms with Gasteiger partial charge in [-0.3, -0.25) is 24.6 Å². The van der Waals surface area contributed by atoms with Gasteiger partial charge in [-0.2, -0.15) is 0 Å². The molecule has 0 spiro atoms. The Labute approximate surface area is 194 Å². The van der Waals surface area contributed by atoms with Gasteiger partial charge >= 0.3 is 0 Å². The summed E-state index contributed by atoms with van der Waals surface area (Å²) >= 11 is 0. The molecule has 3 aliphatic rings. The Bertz CT molecular complexity index is 1130. The van der Waals surface area contributed by atoms with Crippen LogP contribution in [0.1, 0.15) is 41.3 Å². The van der Waals surface area contributed by atoms with E-state index in [9.17, 15) is 14.4 Å². The van der Waals surface area contributed by atoms with Crippen LogP contribution in [-0.4, -0.2) is 59.8 Å². The van der Waals surface area contributed by atoms with Crippen molar-refractivity contribution in [3.05, 3.63) is 64.7 Å². The monoisotopic (exact) mass is 449 g/mol. The molecule has 8 heteroatoms. The Morgan fingerprint density at radius 1 is 1.09 bits per heavy atom. The van der Waals surface area contributed by atoms with Gasteiger partial charge in [-0.05, 0) is 29.7 Å². The van der Waals surface area contributed by atoms with Crippen LogP contribution in [0.4, 0.5) is 5.69 Å². The number of nitrogens with zero attached hydrogens (tertiary/aromatic N) is 2. The molecule has 8 nitrogen and oxygen atoms in total. The average molecular weight is 450 g/mol. The van der Waals surface area contributed by atoms with Crippen LogP contribution in [-0.2, 0) is 34.0 Å². The van der Waals surface area contributed by atoms with Crippen molar-refractivity contribution >= 4 is 23.4 Å². The Hall–Kier alpha value is -3.23. The van der Waals surface area contributed by atoms with E-state index in [1.165, 1.54) is 10.5 Å². The van der Waals surface area contributed by atoms with Crippen molar-refractivity contribution in [2.75, 3.05) is 31.6 Å². The lowest BCUT2D eigenvalue weighted by molar-refractivity contribution is -0.136. The van der Waals surface area contributed by atoms with E-state index in [2.05, 4.69) is 39.8 Å². The van der Waals surface area contributed by atoms with Crippen LogP contribution in [0.15, 0.2) is 42.5 Å². The molecule has 0 bridgehead atoms. The first kappa shape index (κ1) is 20.4. The number of carbonyl (C=O) groups excluding carboxylic acids is 3. The van der Waals surface area contributed by atoms with Crippen LogP contribution in [0, 0.1) is 0 Å². The summed E-state index contributed by atoms with van der Waals surface area (Å²) in [5, 5.41) is 5.64. The van der Waals surface area contributed by atoms with Crippen molar-refractivity contribution in [2.45, 2.75) is 38.5 Å². The third-order valence-corrected chi connectivity index (χ3v) is 6.38. The molecule has 3 amide bonds. The fraction of sp³-hybridized carbons (Fsp3) is 0.400. The molecular formula is C25H28N4O4. The quantitative estimate of drug-likeness (QED) is 0.655. The summed E-state index contributed by atoms with van der Waals surface area (Å²) in [5.41, 5.74) is 4.44. The summed E-state index contributed by atoms with van der Waals surface area (Å²) < 4.78 is 14.1. The smallest absolute Gasteiger partial charge is 0.255 e.